The van der Waals surface area contributed by atoms with Crippen molar-refractivity contribution in [1.29, 1.82) is 0 Å². The van der Waals surface area contributed by atoms with E-state index in [-0.39, 0.29) is 0 Å². The van der Waals surface area contributed by atoms with Gasteiger partial charge in [-0.1, -0.05) is 63.9 Å². The third-order valence-corrected chi connectivity index (χ3v) is 5.89. The highest BCUT2D eigenvalue weighted by Crippen LogP contribution is 2.27. The molecule has 0 bridgehead atoms. The normalized spacial score (nSPS) is 10.7. The van der Waals surface area contributed by atoms with Gasteiger partial charge in [0.2, 0.25) is 0 Å². The number of carbonyl (C=O) groups excluding carboxylic acids is 2. The summed E-state index contributed by atoms with van der Waals surface area (Å²) in [4.78, 5) is 29.9. The van der Waals surface area contributed by atoms with Crippen molar-refractivity contribution in [2.75, 3.05) is 11.9 Å². The van der Waals surface area contributed by atoms with Gasteiger partial charge in [-0.25, -0.2) is 9.78 Å². The van der Waals surface area contributed by atoms with Crippen molar-refractivity contribution in [3.05, 3.63) is 93.4 Å². The molecule has 0 radical (unpaired) electrons. The number of para-hydroxylation sites is 1. The summed E-state index contributed by atoms with van der Waals surface area (Å²) >= 11 is 9.51. The van der Waals surface area contributed by atoms with Gasteiger partial charge in [-0.15, -0.1) is 0 Å². The monoisotopic (exact) mass is 508 g/mol. The highest BCUT2D eigenvalue weighted by Gasteiger charge is 2.17. The van der Waals surface area contributed by atoms with Gasteiger partial charge in [0.15, 0.2) is 6.61 Å². The molecule has 0 saturated carbocycles. The van der Waals surface area contributed by atoms with Crippen LogP contribution < -0.4 is 5.32 Å². The Morgan fingerprint density at radius 1 is 1.03 bits per heavy atom. The molecule has 7 heteroatoms. The minimum Gasteiger partial charge on any atom is -0.452 e. The van der Waals surface area contributed by atoms with Crippen LogP contribution in [-0.4, -0.2) is 23.5 Å². The minimum atomic E-state index is -0.597. The van der Waals surface area contributed by atoms with E-state index in [1.165, 1.54) is 0 Å². The summed E-state index contributed by atoms with van der Waals surface area (Å²) in [5.41, 5.74) is 3.84. The van der Waals surface area contributed by atoms with E-state index >= 15 is 0 Å². The second kappa shape index (κ2) is 9.51. The Kier molecular flexibility index (Phi) is 6.53. The number of fused-ring (bicyclic) bond motifs is 1. The molecule has 1 amide bonds. The molecule has 0 spiro atoms. The topological polar surface area (TPSA) is 68.3 Å². The molecule has 0 fully saturated rings. The fraction of sp³-hybridized carbons (Fsp3) is 0.0800. The van der Waals surface area contributed by atoms with E-state index in [2.05, 4.69) is 26.2 Å². The van der Waals surface area contributed by atoms with Crippen molar-refractivity contribution in [2.45, 2.75) is 6.92 Å². The number of nitrogens with one attached hydrogen (secondary N) is 1. The fourth-order valence-electron chi connectivity index (χ4n) is 3.25. The van der Waals surface area contributed by atoms with Crippen LogP contribution in [0, 0.1) is 6.92 Å². The standard InChI is InChI=1S/C25H18BrClN2O3/c1-15-20(27)6-4-8-21(15)29-24(30)14-32-25(31)19-13-23(16-9-11-17(26)12-10-16)28-22-7-3-2-5-18(19)22/h2-13H,14H2,1H3,(H,29,30). The number of carbonyl (C=O) groups is 2. The maximum Gasteiger partial charge on any atom is 0.339 e. The number of amides is 1. The number of hydrogen-bond acceptors (Lipinski definition) is 4. The van der Waals surface area contributed by atoms with Crippen molar-refractivity contribution in [3.8, 4) is 11.3 Å². The van der Waals surface area contributed by atoms with Crippen LogP contribution in [0.15, 0.2) is 77.3 Å². The average Bonchev–Trinajstić information content (AvgIpc) is 2.80. The molecule has 32 heavy (non-hydrogen) atoms. The first-order valence-electron chi connectivity index (χ1n) is 9.80. The van der Waals surface area contributed by atoms with E-state index < -0.39 is 18.5 Å². The van der Waals surface area contributed by atoms with E-state index in [1.807, 2.05) is 42.5 Å². The first kappa shape index (κ1) is 22.0. The van der Waals surface area contributed by atoms with E-state index in [9.17, 15) is 9.59 Å². The fourth-order valence-corrected chi connectivity index (χ4v) is 3.69. The molecule has 5 nitrogen and oxygen atoms in total. The Morgan fingerprint density at radius 2 is 1.78 bits per heavy atom. The molecule has 3 aromatic carbocycles. The molecule has 0 aliphatic carbocycles. The number of anilines is 1. The summed E-state index contributed by atoms with van der Waals surface area (Å²) in [5, 5.41) is 3.92. The number of hydrogen-bond donors (Lipinski definition) is 1. The molecule has 1 N–H and O–H groups in total. The molecular weight excluding hydrogens is 492 g/mol. The molecule has 4 rings (SSSR count). The van der Waals surface area contributed by atoms with E-state index in [4.69, 9.17) is 16.3 Å². The average molecular weight is 510 g/mol. The van der Waals surface area contributed by atoms with Crippen molar-refractivity contribution < 1.29 is 14.3 Å². The van der Waals surface area contributed by atoms with E-state index in [0.717, 1.165) is 15.6 Å². The predicted molar refractivity (Wildman–Crippen MR) is 130 cm³/mol. The van der Waals surface area contributed by atoms with Gasteiger partial charge in [-0.2, -0.15) is 0 Å². The SMILES string of the molecule is Cc1c(Cl)cccc1NC(=O)COC(=O)c1cc(-c2ccc(Br)cc2)nc2ccccc12. The maximum atomic E-state index is 12.9. The van der Waals surface area contributed by atoms with Crippen molar-refractivity contribution in [2.24, 2.45) is 0 Å². The zero-order chi connectivity index (χ0) is 22.7. The largest absolute Gasteiger partial charge is 0.452 e. The van der Waals surface area contributed by atoms with Crippen LogP contribution in [-0.2, 0) is 9.53 Å². The first-order valence-corrected chi connectivity index (χ1v) is 11.0. The smallest absolute Gasteiger partial charge is 0.339 e. The Balaban J connectivity index is 1.56. The lowest BCUT2D eigenvalue weighted by molar-refractivity contribution is -0.119. The number of nitrogens with zero attached hydrogens (tertiary/aromatic N) is 1. The molecule has 160 valence electrons. The van der Waals surface area contributed by atoms with E-state index in [1.54, 1.807) is 37.3 Å². The van der Waals surface area contributed by atoms with Crippen LogP contribution in [0.3, 0.4) is 0 Å². The highest BCUT2D eigenvalue weighted by atomic mass is 79.9. The van der Waals surface area contributed by atoms with Crippen LogP contribution >= 0.6 is 27.5 Å². The second-order valence-electron chi connectivity index (χ2n) is 7.12. The Morgan fingerprint density at radius 3 is 2.56 bits per heavy atom. The number of halogens is 2. The Hall–Kier alpha value is -3.22. The first-order chi connectivity index (χ1) is 15.4. The number of pyridine rings is 1. The molecule has 0 atom stereocenters. The van der Waals surface area contributed by atoms with E-state index in [0.29, 0.717) is 32.9 Å². The molecular formula is C25H18BrClN2O3. The molecule has 0 unspecified atom stereocenters. The zero-order valence-corrected chi connectivity index (χ0v) is 19.4. The van der Waals surface area contributed by atoms with Crippen molar-refractivity contribution >= 4 is 56.0 Å². The van der Waals surface area contributed by atoms with Crippen LogP contribution in [0.5, 0.6) is 0 Å². The molecule has 4 aromatic rings. The van der Waals surface area contributed by atoms with Crippen LogP contribution in [0.2, 0.25) is 5.02 Å². The van der Waals surface area contributed by atoms with Gasteiger partial charge in [-0.3, -0.25) is 4.79 Å². The van der Waals surface area contributed by atoms with Gasteiger partial charge in [0, 0.05) is 26.1 Å². The van der Waals surface area contributed by atoms with Crippen LogP contribution in [0.4, 0.5) is 5.69 Å². The molecule has 1 heterocycles. The highest BCUT2D eigenvalue weighted by molar-refractivity contribution is 9.10. The van der Waals surface area contributed by atoms with Gasteiger partial charge in [0.25, 0.3) is 5.91 Å². The second-order valence-corrected chi connectivity index (χ2v) is 8.44. The summed E-state index contributed by atoms with van der Waals surface area (Å²) in [6.45, 7) is 1.38. The van der Waals surface area contributed by atoms with Crippen LogP contribution in [0.1, 0.15) is 15.9 Å². The molecule has 1 aromatic heterocycles. The van der Waals surface area contributed by atoms with Crippen LogP contribution in [0.25, 0.3) is 22.2 Å². The summed E-state index contributed by atoms with van der Waals surface area (Å²) in [5.74, 6) is -1.05. The number of ether oxygens (including phenoxy) is 1. The number of rotatable bonds is 5. The van der Waals surface area contributed by atoms with Crippen molar-refractivity contribution in [1.82, 2.24) is 4.98 Å². The third kappa shape index (κ3) is 4.82. The van der Waals surface area contributed by atoms with Gasteiger partial charge < -0.3 is 10.1 Å². The lowest BCUT2D eigenvalue weighted by Gasteiger charge is -2.12. The van der Waals surface area contributed by atoms with Gasteiger partial charge in [0.05, 0.1) is 16.8 Å². The summed E-state index contributed by atoms with van der Waals surface area (Å²) in [7, 11) is 0. The summed E-state index contributed by atoms with van der Waals surface area (Å²) in [6.07, 6.45) is 0. The number of benzene rings is 3. The molecule has 0 saturated heterocycles. The van der Waals surface area contributed by atoms with Gasteiger partial charge in [0.1, 0.15) is 0 Å². The molecule has 0 aliphatic rings. The minimum absolute atomic E-state index is 0.347. The lowest BCUT2D eigenvalue weighted by Crippen LogP contribution is -2.21. The summed E-state index contributed by atoms with van der Waals surface area (Å²) in [6, 6.07) is 21.9. The third-order valence-electron chi connectivity index (χ3n) is 4.95. The zero-order valence-electron chi connectivity index (χ0n) is 17.1. The Labute approximate surface area is 198 Å². The lowest BCUT2D eigenvalue weighted by atomic mass is 10.0. The van der Waals surface area contributed by atoms with Gasteiger partial charge >= 0.3 is 5.97 Å². The summed E-state index contributed by atoms with van der Waals surface area (Å²) < 4.78 is 6.28. The number of aromatic nitrogens is 1. The maximum absolute atomic E-state index is 12.9. The number of esters is 1. The predicted octanol–water partition coefficient (Wildman–Crippen LogP) is 6.42. The quantitative estimate of drug-likeness (QED) is 0.315. The van der Waals surface area contributed by atoms with Gasteiger partial charge in [-0.05, 0) is 48.9 Å². The Bertz CT molecular complexity index is 1320. The van der Waals surface area contributed by atoms with Crippen molar-refractivity contribution in [3.63, 3.8) is 0 Å². The molecule has 0 aliphatic heterocycles.